The average Bonchev–Trinajstić information content (AvgIpc) is 2.94. The van der Waals surface area contributed by atoms with Crippen molar-refractivity contribution in [2.24, 2.45) is 0 Å². The first kappa shape index (κ1) is 14.9. The first-order valence-corrected chi connectivity index (χ1v) is 6.60. The third kappa shape index (κ3) is 3.42. The van der Waals surface area contributed by atoms with Gasteiger partial charge in [-0.15, -0.1) is 0 Å². The number of carbonyl (C=O) groups is 1. The number of anilines is 2. The van der Waals surface area contributed by atoms with Crippen LogP contribution in [0.1, 0.15) is 5.56 Å². The molecule has 0 aliphatic heterocycles. The highest BCUT2D eigenvalue weighted by atomic mass is 19.4. The molecule has 23 heavy (non-hydrogen) atoms. The molecule has 2 aromatic heterocycles. The second-order valence-electron chi connectivity index (χ2n) is 4.79. The molecule has 1 aromatic carbocycles. The number of aromatic nitrogens is 2. The van der Waals surface area contributed by atoms with Crippen molar-refractivity contribution in [2.45, 2.75) is 6.18 Å². The molecule has 0 aliphatic carbocycles. The van der Waals surface area contributed by atoms with Gasteiger partial charge in [-0.05, 0) is 36.4 Å². The predicted octanol–water partition coefficient (Wildman–Crippen LogP) is 4.23. The number of amides is 2. The van der Waals surface area contributed by atoms with Crippen LogP contribution in [0.15, 0.2) is 48.8 Å². The van der Waals surface area contributed by atoms with Crippen LogP contribution in [0.25, 0.3) is 11.0 Å². The molecular formula is C15H11F3N4O. The van der Waals surface area contributed by atoms with Crippen LogP contribution in [0, 0.1) is 0 Å². The predicted molar refractivity (Wildman–Crippen MR) is 80.2 cm³/mol. The summed E-state index contributed by atoms with van der Waals surface area (Å²) in [5, 5.41) is 5.02. The number of halogens is 3. The van der Waals surface area contributed by atoms with Crippen molar-refractivity contribution < 1.29 is 18.0 Å². The fourth-order valence-corrected chi connectivity index (χ4v) is 2.04. The van der Waals surface area contributed by atoms with Gasteiger partial charge in [-0.25, -0.2) is 4.79 Å². The van der Waals surface area contributed by atoms with E-state index in [9.17, 15) is 18.0 Å². The first-order chi connectivity index (χ1) is 10.9. The number of aromatic amines is 1. The summed E-state index contributed by atoms with van der Waals surface area (Å²) in [6.45, 7) is 0. The van der Waals surface area contributed by atoms with E-state index in [0.29, 0.717) is 5.69 Å². The summed E-state index contributed by atoms with van der Waals surface area (Å²) in [6, 6.07) is 7.11. The number of nitrogens with one attached hydrogen (secondary N) is 3. The zero-order chi connectivity index (χ0) is 16.4. The number of benzene rings is 1. The number of alkyl halides is 3. The summed E-state index contributed by atoms with van der Waals surface area (Å²) in [5.41, 5.74) is 1.47. The highest BCUT2D eigenvalue weighted by Crippen LogP contribution is 2.29. The molecule has 2 amide bonds. The summed E-state index contributed by atoms with van der Waals surface area (Å²) < 4.78 is 37.4. The van der Waals surface area contributed by atoms with Crippen LogP contribution in [0.5, 0.6) is 0 Å². The van der Waals surface area contributed by atoms with Gasteiger partial charge in [0.1, 0.15) is 0 Å². The number of H-pyrrole nitrogens is 1. The minimum Gasteiger partial charge on any atom is -0.360 e. The van der Waals surface area contributed by atoms with E-state index in [1.54, 1.807) is 18.3 Å². The Hall–Kier alpha value is -3.03. The minimum absolute atomic E-state index is 0.254. The molecule has 0 saturated carbocycles. The molecule has 118 valence electrons. The summed E-state index contributed by atoms with van der Waals surface area (Å²) in [5.74, 6) is 0. The number of pyridine rings is 1. The monoisotopic (exact) mass is 320 g/mol. The van der Waals surface area contributed by atoms with Gasteiger partial charge in [0.05, 0.1) is 28.5 Å². The standard InChI is InChI=1S/C15H11F3N4O/c16-15(17,18)9-1-3-10(4-2-9)21-14(23)22-11-7-13-12(20-8-11)5-6-19-13/h1-8,19H,(H2,21,22,23). The maximum Gasteiger partial charge on any atom is 0.416 e. The quantitative estimate of drug-likeness (QED) is 0.661. The van der Waals surface area contributed by atoms with Crippen molar-refractivity contribution in [2.75, 3.05) is 10.6 Å². The Balaban J connectivity index is 1.66. The van der Waals surface area contributed by atoms with E-state index in [1.165, 1.54) is 18.3 Å². The Morgan fingerprint density at radius 1 is 1.04 bits per heavy atom. The average molecular weight is 320 g/mol. The van der Waals surface area contributed by atoms with E-state index in [0.717, 1.165) is 23.2 Å². The highest BCUT2D eigenvalue weighted by Gasteiger charge is 2.29. The molecule has 0 saturated heterocycles. The Morgan fingerprint density at radius 3 is 2.43 bits per heavy atom. The maximum absolute atomic E-state index is 12.5. The van der Waals surface area contributed by atoms with Gasteiger partial charge in [-0.1, -0.05) is 0 Å². The van der Waals surface area contributed by atoms with Crippen molar-refractivity contribution in [3.05, 3.63) is 54.4 Å². The molecule has 5 nitrogen and oxygen atoms in total. The van der Waals surface area contributed by atoms with Gasteiger partial charge in [0.25, 0.3) is 0 Å². The van der Waals surface area contributed by atoms with E-state index in [1.807, 2.05) is 0 Å². The molecule has 3 aromatic rings. The maximum atomic E-state index is 12.5. The molecule has 0 bridgehead atoms. The molecule has 0 aliphatic rings. The van der Waals surface area contributed by atoms with Gasteiger partial charge < -0.3 is 15.6 Å². The molecule has 0 unspecified atom stereocenters. The third-order valence-electron chi connectivity index (χ3n) is 3.13. The molecule has 0 atom stereocenters. The first-order valence-electron chi connectivity index (χ1n) is 6.60. The second-order valence-corrected chi connectivity index (χ2v) is 4.79. The van der Waals surface area contributed by atoms with Crippen molar-refractivity contribution in [3.8, 4) is 0 Å². The summed E-state index contributed by atoms with van der Waals surface area (Å²) >= 11 is 0. The van der Waals surface area contributed by atoms with Crippen LogP contribution in [0.3, 0.4) is 0 Å². The molecule has 0 radical (unpaired) electrons. The van der Waals surface area contributed by atoms with E-state index in [2.05, 4.69) is 20.6 Å². The molecule has 8 heteroatoms. The topological polar surface area (TPSA) is 69.8 Å². The lowest BCUT2D eigenvalue weighted by Gasteiger charge is -2.09. The Morgan fingerprint density at radius 2 is 1.74 bits per heavy atom. The number of fused-ring (bicyclic) bond motifs is 1. The van der Waals surface area contributed by atoms with E-state index in [-0.39, 0.29) is 5.69 Å². The number of hydrogen-bond donors (Lipinski definition) is 3. The lowest BCUT2D eigenvalue weighted by atomic mass is 10.2. The molecule has 0 spiro atoms. The van der Waals surface area contributed by atoms with Crippen LogP contribution >= 0.6 is 0 Å². The largest absolute Gasteiger partial charge is 0.416 e. The van der Waals surface area contributed by atoms with Gasteiger partial charge in [0.15, 0.2) is 0 Å². The lowest BCUT2D eigenvalue weighted by molar-refractivity contribution is -0.137. The Kier molecular flexibility index (Phi) is 3.65. The van der Waals surface area contributed by atoms with E-state index < -0.39 is 17.8 Å². The minimum atomic E-state index is -4.40. The lowest BCUT2D eigenvalue weighted by Crippen LogP contribution is -2.19. The van der Waals surface area contributed by atoms with Gasteiger partial charge in [-0.2, -0.15) is 13.2 Å². The molecule has 2 heterocycles. The normalized spacial score (nSPS) is 11.4. The summed E-state index contributed by atoms with van der Waals surface area (Å²) in [6.07, 6.45) is -1.19. The van der Waals surface area contributed by atoms with Gasteiger partial charge in [-0.3, -0.25) is 4.98 Å². The summed E-state index contributed by atoms with van der Waals surface area (Å²) in [7, 11) is 0. The van der Waals surface area contributed by atoms with Crippen LogP contribution in [0.4, 0.5) is 29.3 Å². The van der Waals surface area contributed by atoms with E-state index >= 15 is 0 Å². The smallest absolute Gasteiger partial charge is 0.360 e. The number of hydrogen-bond acceptors (Lipinski definition) is 2. The van der Waals surface area contributed by atoms with Crippen LogP contribution in [-0.4, -0.2) is 16.0 Å². The van der Waals surface area contributed by atoms with Crippen LogP contribution in [-0.2, 0) is 6.18 Å². The van der Waals surface area contributed by atoms with Gasteiger partial charge in [0.2, 0.25) is 0 Å². The van der Waals surface area contributed by atoms with Crippen molar-refractivity contribution >= 4 is 28.4 Å². The molecule has 3 rings (SSSR count). The molecule has 3 N–H and O–H groups in total. The zero-order valence-corrected chi connectivity index (χ0v) is 11.6. The van der Waals surface area contributed by atoms with Crippen LogP contribution in [0.2, 0.25) is 0 Å². The third-order valence-corrected chi connectivity index (χ3v) is 3.13. The summed E-state index contributed by atoms with van der Waals surface area (Å²) in [4.78, 5) is 19.0. The fourth-order valence-electron chi connectivity index (χ4n) is 2.04. The van der Waals surface area contributed by atoms with Crippen molar-refractivity contribution in [1.82, 2.24) is 9.97 Å². The van der Waals surface area contributed by atoms with Crippen molar-refractivity contribution in [3.63, 3.8) is 0 Å². The SMILES string of the molecule is O=C(Nc1ccc(C(F)(F)F)cc1)Nc1cnc2cc[nH]c2c1. The number of rotatable bonds is 2. The zero-order valence-electron chi connectivity index (χ0n) is 11.6. The number of urea groups is 1. The number of carbonyl (C=O) groups excluding carboxylic acids is 1. The van der Waals surface area contributed by atoms with Crippen LogP contribution < -0.4 is 10.6 Å². The number of nitrogens with zero attached hydrogens (tertiary/aromatic N) is 1. The molecular weight excluding hydrogens is 309 g/mol. The fraction of sp³-hybridized carbons (Fsp3) is 0.0667. The van der Waals surface area contributed by atoms with Gasteiger partial charge in [0, 0.05) is 11.9 Å². The van der Waals surface area contributed by atoms with Crippen molar-refractivity contribution in [1.29, 1.82) is 0 Å². The molecule has 0 fully saturated rings. The second kappa shape index (κ2) is 5.64. The highest BCUT2D eigenvalue weighted by molar-refractivity contribution is 6.00. The van der Waals surface area contributed by atoms with E-state index in [4.69, 9.17) is 0 Å². The Labute approximate surface area is 128 Å². The van der Waals surface area contributed by atoms with Gasteiger partial charge >= 0.3 is 12.2 Å². The Bertz CT molecular complexity index is 840.